The summed E-state index contributed by atoms with van der Waals surface area (Å²) >= 11 is 0. The second-order valence-corrected chi connectivity index (χ2v) is 11.9. The van der Waals surface area contributed by atoms with Gasteiger partial charge in [0.05, 0.1) is 5.75 Å². The topological polar surface area (TPSA) is 112 Å². The highest BCUT2D eigenvalue weighted by molar-refractivity contribution is 7.91. The number of aromatic hydroxyl groups is 2. The Hall–Kier alpha value is -2.61. The zero-order valence-electron chi connectivity index (χ0n) is 21.0. The van der Waals surface area contributed by atoms with Gasteiger partial charge in [0, 0.05) is 30.9 Å². The Morgan fingerprint density at radius 1 is 1.14 bits per heavy atom. The van der Waals surface area contributed by atoms with Crippen molar-refractivity contribution in [3.8, 4) is 11.5 Å². The van der Waals surface area contributed by atoms with Crippen molar-refractivity contribution in [3.63, 3.8) is 0 Å². The second kappa shape index (κ2) is 11.0. The summed E-state index contributed by atoms with van der Waals surface area (Å²) in [6, 6.07) is 1.47. The normalized spacial score (nSPS) is 20.9. The molecule has 2 atom stereocenters. The summed E-state index contributed by atoms with van der Waals surface area (Å²) in [5.74, 6) is -2.24. The molecule has 1 saturated heterocycles. The van der Waals surface area contributed by atoms with Gasteiger partial charge in [0.25, 0.3) is 0 Å². The Bertz CT molecular complexity index is 1130. The molecule has 1 fully saturated rings. The smallest absolute Gasteiger partial charge is 0.229 e. The summed E-state index contributed by atoms with van der Waals surface area (Å²) in [4.78, 5) is 24.8. The molecule has 2 aliphatic rings. The first-order chi connectivity index (χ1) is 16.5. The van der Waals surface area contributed by atoms with Crippen LogP contribution in [0.4, 0.5) is 0 Å². The number of aryl methyl sites for hydroxylation is 1. The van der Waals surface area contributed by atoms with E-state index in [0.717, 1.165) is 41.7 Å². The number of hydrogen-bond acceptors (Lipinski definition) is 6. The number of likely N-dealkylation sites (tertiary alicyclic amines) is 1. The van der Waals surface area contributed by atoms with E-state index in [1.165, 1.54) is 6.07 Å². The van der Waals surface area contributed by atoms with Crippen LogP contribution in [0.25, 0.3) is 0 Å². The van der Waals surface area contributed by atoms with Crippen LogP contribution in [0.1, 0.15) is 82.8 Å². The lowest BCUT2D eigenvalue weighted by Crippen LogP contribution is -2.34. The van der Waals surface area contributed by atoms with Crippen LogP contribution in [0.15, 0.2) is 34.8 Å². The number of hydrogen-bond donors (Lipinski definition) is 2. The van der Waals surface area contributed by atoms with Gasteiger partial charge in [-0.05, 0) is 57.1 Å². The summed E-state index contributed by atoms with van der Waals surface area (Å²) in [6.45, 7) is 9.76. The number of unbranched alkanes of at least 4 members (excludes halogenated alkanes) is 2. The summed E-state index contributed by atoms with van der Waals surface area (Å²) in [6.07, 6.45) is 6.72. The number of phenolic OH excluding ortho intramolecular Hbond substituents is 2. The van der Waals surface area contributed by atoms with Crippen LogP contribution in [-0.4, -0.2) is 47.6 Å². The summed E-state index contributed by atoms with van der Waals surface area (Å²) in [5.41, 5.74) is 2.57. The first-order valence-electron chi connectivity index (χ1n) is 12.4. The number of benzene rings is 1. The first kappa shape index (κ1) is 27.0. The Morgan fingerprint density at radius 2 is 1.80 bits per heavy atom. The van der Waals surface area contributed by atoms with Crippen molar-refractivity contribution in [2.75, 3.05) is 12.3 Å². The lowest BCUT2D eigenvalue weighted by Gasteiger charge is -2.32. The van der Waals surface area contributed by atoms with Gasteiger partial charge in [-0.15, -0.1) is 0 Å². The molecule has 8 heteroatoms. The predicted octanol–water partition coefficient (Wildman–Crippen LogP) is 4.77. The Morgan fingerprint density at radius 3 is 2.40 bits per heavy atom. The molecule has 1 aromatic rings. The number of phenols is 2. The Balaban J connectivity index is 2.10. The van der Waals surface area contributed by atoms with Gasteiger partial charge < -0.3 is 10.2 Å². The maximum Gasteiger partial charge on any atom is 0.229 e. The SMILES string of the molecule is C=C(C)C1CCC(C)=CC1c1c(O)cc(CCCCC)c(S(=O)(=O)CCN2C(=O)CCC2=O)c1O. The molecule has 2 amide bonds. The van der Waals surface area contributed by atoms with Gasteiger partial charge >= 0.3 is 0 Å². The van der Waals surface area contributed by atoms with E-state index in [9.17, 15) is 28.2 Å². The first-order valence-corrected chi connectivity index (χ1v) is 14.1. The van der Waals surface area contributed by atoms with Crippen LogP contribution in [0.5, 0.6) is 11.5 Å². The number of sulfone groups is 1. The minimum absolute atomic E-state index is 0.0446. The van der Waals surface area contributed by atoms with Crippen LogP contribution in [0.2, 0.25) is 0 Å². The maximum absolute atomic E-state index is 13.6. The second-order valence-electron chi connectivity index (χ2n) is 9.89. The van der Waals surface area contributed by atoms with Crippen LogP contribution in [0, 0.1) is 5.92 Å². The number of amides is 2. The van der Waals surface area contributed by atoms with E-state index >= 15 is 0 Å². The minimum Gasteiger partial charge on any atom is -0.507 e. The summed E-state index contributed by atoms with van der Waals surface area (Å²) in [7, 11) is -4.07. The zero-order valence-corrected chi connectivity index (χ0v) is 21.8. The van der Waals surface area contributed by atoms with Crippen molar-refractivity contribution in [2.45, 2.75) is 83.0 Å². The van der Waals surface area contributed by atoms with E-state index in [1.807, 2.05) is 26.8 Å². The molecule has 1 aliphatic heterocycles. The fourth-order valence-electron chi connectivity index (χ4n) is 5.22. The average Bonchev–Trinajstić information content (AvgIpc) is 3.09. The molecule has 0 radical (unpaired) electrons. The van der Waals surface area contributed by atoms with E-state index in [4.69, 9.17) is 0 Å². The van der Waals surface area contributed by atoms with Crippen molar-refractivity contribution < 1.29 is 28.2 Å². The largest absolute Gasteiger partial charge is 0.507 e. The molecule has 3 rings (SSSR count). The molecule has 1 heterocycles. The highest BCUT2D eigenvalue weighted by atomic mass is 32.2. The number of rotatable bonds is 10. The van der Waals surface area contributed by atoms with Gasteiger partial charge in [-0.3, -0.25) is 14.5 Å². The average molecular weight is 504 g/mol. The third kappa shape index (κ3) is 5.80. The number of carbonyl (C=O) groups excluding carboxylic acids is 2. The van der Waals surface area contributed by atoms with Gasteiger partial charge in [-0.1, -0.05) is 43.6 Å². The molecular weight excluding hydrogens is 466 g/mol. The van der Waals surface area contributed by atoms with Crippen LogP contribution < -0.4 is 0 Å². The number of nitrogens with zero attached hydrogens (tertiary/aromatic N) is 1. The monoisotopic (exact) mass is 503 g/mol. The van der Waals surface area contributed by atoms with Gasteiger partial charge in [0.2, 0.25) is 11.8 Å². The molecule has 0 saturated carbocycles. The van der Waals surface area contributed by atoms with Gasteiger partial charge in [-0.25, -0.2) is 8.42 Å². The minimum atomic E-state index is -4.07. The van der Waals surface area contributed by atoms with E-state index in [2.05, 4.69) is 6.58 Å². The standard InChI is InChI=1S/C27H37NO6S/c1-5-6-7-8-19-16-22(29)25(21-15-18(4)9-10-20(21)17(2)3)26(32)27(19)35(33,34)14-13-28-23(30)11-12-24(28)31/h15-16,20-21,29,32H,2,5-14H2,1,3-4H3. The van der Waals surface area contributed by atoms with E-state index in [-0.39, 0.29) is 53.3 Å². The summed E-state index contributed by atoms with van der Waals surface area (Å²) in [5, 5.41) is 22.4. The molecular formula is C27H37NO6S. The Kier molecular flexibility index (Phi) is 8.46. The van der Waals surface area contributed by atoms with E-state index in [0.29, 0.717) is 18.4 Å². The van der Waals surface area contributed by atoms with Crippen molar-refractivity contribution in [2.24, 2.45) is 5.92 Å². The van der Waals surface area contributed by atoms with Crippen LogP contribution in [0.3, 0.4) is 0 Å². The zero-order chi connectivity index (χ0) is 25.9. The van der Waals surface area contributed by atoms with E-state index < -0.39 is 27.3 Å². The fraction of sp³-hybridized carbons (Fsp3) is 0.556. The molecule has 0 aromatic heterocycles. The maximum atomic E-state index is 13.6. The van der Waals surface area contributed by atoms with Gasteiger partial charge in [0.15, 0.2) is 9.84 Å². The van der Waals surface area contributed by atoms with Crippen molar-refractivity contribution in [1.82, 2.24) is 4.90 Å². The highest BCUT2D eigenvalue weighted by Crippen LogP contribution is 2.49. The Labute approximate surface area is 208 Å². The quantitative estimate of drug-likeness (QED) is 0.270. The lowest BCUT2D eigenvalue weighted by atomic mass is 9.73. The summed E-state index contributed by atoms with van der Waals surface area (Å²) < 4.78 is 27.2. The fourth-order valence-corrected chi connectivity index (χ4v) is 6.81. The molecule has 0 bridgehead atoms. The van der Waals surface area contributed by atoms with Crippen molar-refractivity contribution in [1.29, 1.82) is 0 Å². The van der Waals surface area contributed by atoms with Gasteiger partial charge in [-0.2, -0.15) is 0 Å². The highest BCUT2D eigenvalue weighted by Gasteiger charge is 2.36. The van der Waals surface area contributed by atoms with Gasteiger partial charge in [0.1, 0.15) is 16.4 Å². The molecule has 2 unspecified atom stereocenters. The molecule has 35 heavy (non-hydrogen) atoms. The molecule has 1 aromatic carbocycles. The molecule has 2 N–H and O–H groups in total. The lowest BCUT2D eigenvalue weighted by molar-refractivity contribution is -0.137. The van der Waals surface area contributed by atoms with Crippen molar-refractivity contribution >= 4 is 21.7 Å². The predicted molar refractivity (Wildman–Crippen MR) is 135 cm³/mol. The van der Waals surface area contributed by atoms with Crippen molar-refractivity contribution in [3.05, 3.63) is 41.0 Å². The molecule has 192 valence electrons. The molecule has 0 spiro atoms. The third-order valence-electron chi connectivity index (χ3n) is 7.16. The molecule has 7 nitrogen and oxygen atoms in total. The number of allylic oxidation sites excluding steroid dienone is 3. The number of carbonyl (C=O) groups is 2. The van der Waals surface area contributed by atoms with Crippen LogP contribution in [-0.2, 0) is 25.8 Å². The number of imide groups is 1. The van der Waals surface area contributed by atoms with E-state index in [1.54, 1.807) is 0 Å². The molecule has 1 aliphatic carbocycles. The third-order valence-corrected chi connectivity index (χ3v) is 8.96. The van der Waals surface area contributed by atoms with Crippen LogP contribution >= 0.6 is 0 Å².